The van der Waals surface area contributed by atoms with Crippen LogP contribution in [0.5, 0.6) is 0 Å². The van der Waals surface area contributed by atoms with Crippen LogP contribution in [0.3, 0.4) is 0 Å². The highest BCUT2D eigenvalue weighted by Crippen LogP contribution is 2.22. The van der Waals surface area contributed by atoms with Crippen LogP contribution in [-0.2, 0) is 6.42 Å². The molecule has 0 fully saturated rings. The molecular formula is C24H17NO3. The van der Waals surface area contributed by atoms with Gasteiger partial charge in [0.05, 0.1) is 11.3 Å². The molecule has 0 spiro atoms. The lowest BCUT2D eigenvalue weighted by Gasteiger charge is -2.09. The summed E-state index contributed by atoms with van der Waals surface area (Å²) in [6.07, 6.45) is 0.375. The van der Waals surface area contributed by atoms with E-state index in [4.69, 9.17) is 4.42 Å². The van der Waals surface area contributed by atoms with Gasteiger partial charge in [-0.25, -0.2) is 9.78 Å². The lowest BCUT2D eigenvalue weighted by molar-refractivity contribution is 0.0996. The average molecular weight is 367 g/mol. The zero-order chi connectivity index (χ0) is 19.3. The monoisotopic (exact) mass is 367 g/mol. The van der Waals surface area contributed by atoms with E-state index in [1.807, 2.05) is 66.7 Å². The number of aromatic nitrogens is 1. The van der Waals surface area contributed by atoms with Gasteiger partial charge in [0, 0.05) is 17.5 Å². The van der Waals surface area contributed by atoms with Crippen molar-refractivity contribution in [2.45, 2.75) is 6.42 Å². The molecule has 0 aliphatic heterocycles. The Morgan fingerprint density at radius 2 is 1.36 bits per heavy atom. The largest absolute Gasteiger partial charge is 0.400 e. The van der Waals surface area contributed by atoms with Gasteiger partial charge in [0.25, 0.3) is 5.89 Å². The Labute approximate surface area is 162 Å². The van der Waals surface area contributed by atoms with Crippen LogP contribution in [0.1, 0.15) is 27.4 Å². The number of benzene rings is 3. The Balaban J connectivity index is 1.85. The standard InChI is InChI=1S/C24H17NO3/c26-22(19-14-8-3-9-15-19)23-25-21(18-12-6-2-7-13-18)20(24(27)28-23)16-17-10-4-1-5-11-17/h1-15H,16H2. The average Bonchev–Trinajstić information content (AvgIpc) is 2.76. The first-order chi connectivity index (χ1) is 13.7. The van der Waals surface area contributed by atoms with E-state index in [-0.39, 0.29) is 5.89 Å². The summed E-state index contributed by atoms with van der Waals surface area (Å²) in [6.45, 7) is 0. The minimum absolute atomic E-state index is 0.202. The van der Waals surface area contributed by atoms with E-state index in [2.05, 4.69) is 4.98 Å². The number of carbonyl (C=O) groups is 1. The molecule has 136 valence electrons. The third-order valence-electron chi connectivity index (χ3n) is 4.44. The van der Waals surface area contributed by atoms with Crippen LogP contribution >= 0.6 is 0 Å². The number of nitrogens with zero attached hydrogens (tertiary/aromatic N) is 1. The molecule has 0 N–H and O–H groups in total. The van der Waals surface area contributed by atoms with Crippen LogP contribution in [0.25, 0.3) is 11.3 Å². The maximum atomic E-state index is 12.8. The Kier molecular flexibility index (Phi) is 4.93. The van der Waals surface area contributed by atoms with Crippen molar-refractivity contribution in [1.82, 2.24) is 4.98 Å². The molecule has 0 radical (unpaired) electrons. The second-order valence-electron chi connectivity index (χ2n) is 6.36. The molecule has 3 aromatic carbocycles. The third kappa shape index (κ3) is 3.67. The Morgan fingerprint density at radius 3 is 2.00 bits per heavy atom. The van der Waals surface area contributed by atoms with E-state index in [0.717, 1.165) is 11.1 Å². The van der Waals surface area contributed by atoms with Gasteiger partial charge in [-0.2, -0.15) is 0 Å². The Bertz CT molecular complexity index is 1150. The minimum atomic E-state index is -0.544. The van der Waals surface area contributed by atoms with E-state index < -0.39 is 11.4 Å². The summed E-state index contributed by atoms with van der Waals surface area (Å²) in [5.41, 5.74) is 2.52. The van der Waals surface area contributed by atoms with Gasteiger partial charge in [0.2, 0.25) is 5.78 Å². The van der Waals surface area contributed by atoms with Crippen LogP contribution in [0.2, 0.25) is 0 Å². The molecule has 1 heterocycles. The highest BCUT2D eigenvalue weighted by Gasteiger charge is 2.20. The van der Waals surface area contributed by atoms with Crippen molar-refractivity contribution in [3.63, 3.8) is 0 Å². The molecule has 4 rings (SSSR count). The Morgan fingerprint density at radius 1 is 0.786 bits per heavy atom. The highest BCUT2D eigenvalue weighted by molar-refractivity contribution is 6.06. The molecule has 4 heteroatoms. The molecule has 0 aliphatic carbocycles. The van der Waals surface area contributed by atoms with Gasteiger partial charge in [-0.1, -0.05) is 91.0 Å². The first-order valence-electron chi connectivity index (χ1n) is 8.95. The predicted octanol–water partition coefficient (Wildman–Crippen LogP) is 4.52. The molecule has 0 bridgehead atoms. The van der Waals surface area contributed by atoms with Crippen molar-refractivity contribution in [1.29, 1.82) is 0 Å². The van der Waals surface area contributed by atoms with Crippen molar-refractivity contribution in [3.05, 3.63) is 124 Å². The fourth-order valence-electron chi connectivity index (χ4n) is 3.04. The summed E-state index contributed by atoms with van der Waals surface area (Å²) in [7, 11) is 0. The first kappa shape index (κ1) is 17.6. The van der Waals surface area contributed by atoms with E-state index in [0.29, 0.717) is 23.2 Å². The highest BCUT2D eigenvalue weighted by atomic mass is 16.4. The summed E-state index contributed by atoms with van der Waals surface area (Å²) in [5, 5.41) is 0. The van der Waals surface area contributed by atoms with Crippen molar-refractivity contribution >= 4 is 5.78 Å². The fraction of sp³-hybridized carbons (Fsp3) is 0.0417. The fourth-order valence-corrected chi connectivity index (χ4v) is 3.04. The second kappa shape index (κ2) is 7.84. The number of hydrogen-bond donors (Lipinski definition) is 0. The molecule has 0 atom stereocenters. The summed E-state index contributed by atoms with van der Waals surface area (Å²) < 4.78 is 5.34. The van der Waals surface area contributed by atoms with Gasteiger partial charge < -0.3 is 4.42 Å². The molecule has 1 aromatic heterocycles. The SMILES string of the molecule is O=C(c1ccccc1)c1nc(-c2ccccc2)c(Cc2ccccc2)c(=O)o1. The lowest BCUT2D eigenvalue weighted by atomic mass is 10.0. The third-order valence-corrected chi connectivity index (χ3v) is 4.44. The van der Waals surface area contributed by atoms with E-state index >= 15 is 0 Å². The summed E-state index contributed by atoms with van der Waals surface area (Å²) in [5.74, 6) is -0.618. The molecule has 0 saturated carbocycles. The topological polar surface area (TPSA) is 60.2 Å². The van der Waals surface area contributed by atoms with Gasteiger partial charge in [0.1, 0.15) is 0 Å². The maximum absolute atomic E-state index is 12.8. The van der Waals surface area contributed by atoms with Crippen LogP contribution < -0.4 is 5.63 Å². The molecule has 4 aromatic rings. The van der Waals surface area contributed by atoms with Crippen molar-refractivity contribution < 1.29 is 9.21 Å². The van der Waals surface area contributed by atoms with Gasteiger partial charge in [-0.05, 0) is 5.56 Å². The smallest absolute Gasteiger partial charge is 0.343 e. The van der Waals surface area contributed by atoms with Gasteiger partial charge in [0.15, 0.2) is 0 Å². The van der Waals surface area contributed by atoms with Gasteiger partial charge in [-0.3, -0.25) is 4.79 Å². The zero-order valence-electron chi connectivity index (χ0n) is 15.0. The van der Waals surface area contributed by atoms with Crippen molar-refractivity contribution in [3.8, 4) is 11.3 Å². The summed E-state index contributed by atoms with van der Waals surface area (Å²) >= 11 is 0. The van der Waals surface area contributed by atoms with E-state index in [1.165, 1.54) is 0 Å². The van der Waals surface area contributed by atoms with Crippen LogP contribution in [0.4, 0.5) is 0 Å². The maximum Gasteiger partial charge on any atom is 0.343 e. The molecule has 0 aliphatic rings. The van der Waals surface area contributed by atoms with Gasteiger partial charge in [-0.15, -0.1) is 0 Å². The molecular weight excluding hydrogens is 350 g/mol. The van der Waals surface area contributed by atoms with E-state index in [1.54, 1.807) is 24.3 Å². The molecule has 4 nitrogen and oxygen atoms in total. The second-order valence-corrected chi connectivity index (χ2v) is 6.36. The zero-order valence-corrected chi connectivity index (χ0v) is 15.0. The van der Waals surface area contributed by atoms with Gasteiger partial charge >= 0.3 is 5.63 Å². The normalized spacial score (nSPS) is 10.6. The predicted molar refractivity (Wildman–Crippen MR) is 107 cm³/mol. The van der Waals surface area contributed by atoms with Crippen LogP contribution in [0.15, 0.2) is 100 Å². The minimum Gasteiger partial charge on any atom is -0.400 e. The van der Waals surface area contributed by atoms with Crippen molar-refractivity contribution in [2.24, 2.45) is 0 Å². The molecule has 0 unspecified atom stereocenters. The molecule has 28 heavy (non-hydrogen) atoms. The van der Waals surface area contributed by atoms with Crippen LogP contribution in [0, 0.1) is 0 Å². The van der Waals surface area contributed by atoms with Crippen molar-refractivity contribution in [2.75, 3.05) is 0 Å². The van der Waals surface area contributed by atoms with Crippen LogP contribution in [-0.4, -0.2) is 10.8 Å². The molecule has 0 amide bonds. The number of carbonyl (C=O) groups excluding carboxylic acids is 1. The molecule has 0 saturated heterocycles. The summed E-state index contributed by atoms with van der Waals surface area (Å²) in [6, 6.07) is 27.7. The quantitative estimate of drug-likeness (QED) is 0.487. The lowest BCUT2D eigenvalue weighted by Crippen LogP contribution is -2.17. The number of rotatable bonds is 5. The number of ketones is 1. The number of hydrogen-bond acceptors (Lipinski definition) is 4. The summed E-state index contributed by atoms with van der Waals surface area (Å²) in [4.78, 5) is 30.0. The first-order valence-corrected chi connectivity index (χ1v) is 8.95. The van der Waals surface area contributed by atoms with E-state index in [9.17, 15) is 9.59 Å². The Hall–Kier alpha value is -3.79.